The molecular weight excluding hydrogens is 358 g/mol. The van der Waals surface area contributed by atoms with Crippen molar-refractivity contribution in [2.24, 2.45) is 0 Å². The van der Waals surface area contributed by atoms with Crippen LogP contribution in [0.5, 0.6) is 0 Å². The van der Waals surface area contributed by atoms with Crippen molar-refractivity contribution in [2.45, 2.75) is 25.5 Å². The summed E-state index contributed by atoms with van der Waals surface area (Å²) in [5.41, 5.74) is 0.794. The number of aryl methyl sites for hydroxylation is 2. The van der Waals surface area contributed by atoms with E-state index >= 15 is 0 Å². The van der Waals surface area contributed by atoms with Gasteiger partial charge in [0.25, 0.3) is 0 Å². The highest BCUT2D eigenvalue weighted by atomic mass is 32.2. The van der Waals surface area contributed by atoms with Gasteiger partial charge >= 0.3 is 5.97 Å². The topological polar surface area (TPSA) is 117 Å². The van der Waals surface area contributed by atoms with Gasteiger partial charge in [0.05, 0.1) is 18.1 Å². The maximum atomic E-state index is 11.7. The van der Waals surface area contributed by atoms with Crippen LogP contribution in [0.3, 0.4) is 0 Å². The number of thioether (sulfide) groups is 1. The van der Waals surface area contributed by atoms with Crippen molar-refractivity contribution < 1.29 is 18.6 Å². The molecule has 0 aliphatic rings. The number of pyridine rings is 1. The van der Waals surface area contributed by atoms with Gasteiger partial charge < -0.3 is 13.8 Å². The monoisotopic (exact) mass is 375 g/mol. The third-order valence-electron chi connectivity index (χ3n) is 3.21. The largest absolute Gasteiger partial charge is 0.465 e. The SMILES string of the molecule is Cc1nc(CSCC(=O)OCCCc2nc(-c3cccnc3)no2)no1. The zero-order valence-corrected chi connectivity index (χ0v) is 14.9. The van der Waals surface area contributed by atoms with Crippen molar-refractivity contribution in [2.75, 3.05) is 12.4 Å². The van der Waals surface area contributed by atoms with Crippen molar-refractivity contribution in [3.63, 3.8) is 0 Å². The van der Waals surface area contributed by atoms with Gasteiger partial charge in [-0.05, 0) is 18.6 Å². The normalized spacial score (nSPS) is 10.8. The van der Waals surface area contributed by atoms with E-state index in [4.69, 9.17) is 13.8 Å². The zero-order chi connectivity index (χ0) is 18.2. The summed E-state index contributed by atoms with van der Waals surface area (Å²) in [6.07, 6.45) is 4.50. The van der Waals surface area contributed by atoms with Crippen LogP contribution < -0.4 is 0 Å². The van der Waals surface area contributed by atoms with Crippen LogP contribution in [0.25, 0.3) is 11.4 Å². The Labute approximate surface area is 153 Å². The van der Waals surface area contributed by atoms with Crippen molar-refractivity contribution in [3.8, 4) is 11.4 Å². The molecule has 3 rings (SSSR count). The summed E-state index contributed by atoms with van der Waals surface area (Å²) >= 11 is 1.38. The van der Waals surface area contributed by atoms with E-state index in [0.717, 1.165) is 5.56 Å². The van der Waals surface area contributed by atoms with Gasteiger partial charge in [-0.1, -0.05) is 10.3 Å². The Kier molecular flexibility index (Phi) is 6.31. The van der Waals surface area contributed by atoms with Gasteiger partial charge in [0, 0.05) is 31.3 Å². The maximum Gasteiger partial charge on any atom is 0.315 e. The van der Waals surface area contributed by atoms with Crippen LogP contribution in [0.15, 0.2) is 33.6 Å². The predicted molar refractivity (Wildman–Crippen MR) is 92.0 cm³/mol. The van der Waals surface area contributed by atoms with Crippen molar-refractivity contribution in [1.29, 1.82) is 0 Å². The molecule has 26 heavy (non-hydrogen) atoms. The first-order valence-corrected chi connectivity index (χ1v) is 9.12. The van der Waals surface area contributed by atoms with E-state index in [9.17, 15) is 4.79 Å². The smallest absolute Gasteiger partial charge is 0.315 e. The molecule has 0 amide bonds. The van der Waals surface area contributed by atoms with E-state index in [-0.39, 0.29) is 11.7 Å². The molecule has 0 saturated heterocycles. The highest BCUT2D eigenvalue weighted by Crippen LogP contribution is 2.14. The lowest BCUT2D eigenvalue weighted by Crippen LogP contribution is -2.09. The average molecular weight is 375 g/mol. The third-order valence-corrected chi connectivity index (χ3v) is 4.11. The summed E-state index contributed by atoms with van der Waals surface area (Å²) in [7, 11) is 0. The summed E-state index contributed by atoms with van der Waals surface area (Å²) in [4.78, 5) is 24.0. The second-order valence-corrected chi connectivity index (χ2v) is 6.29. The van der Waals surface area contributed by atoms with Crippen LogP contribution in [-0.4, -0.2) is 43.6 Å². The molecule has 10 heteroatoms. The first-order chi connectivity index (χ1) is 12.7. The minimum Gasteiger partial charge on any atom is -0.465 e. The van der Waals surface area contributed by atoms with E-state index in [2.05, 4.69) is 25.3 Å². The summed E-state index contributed by atoms with van der Waals surface area (Å²) in [5, 5.41) is 7.67. The lowest BCUT2D eigenvalue weighted by molar-refractivity contribution is -0.140. The van der Waals surface area contributed by atoms with E-state index < -0.39 is 0 Å². The average Bonchev–Trinajstić information content (AvgIpc) is 3.29. The molecule has 0 spiro atoms. The molecular formula is C16H17N5O4S. The lowest BCUT2D eigenvalue weighted by Gasteiger charge is -2.02. The standard InChI is InChI=1S/C16H17N5O4S/c1-11-18-13(20-24-11)9-26-10-15(22)23-7-3-5-14-19-16(21-25-14)12-4-2-6-17-8-12/h2,4,6,8H,3,5,7,9-10H2,1H3. The molecule has 3 aromatic rings. The van der Waals surface area contributed by atoms with E-state index in [0.29, 0.717) is 48.6 Å². The molecule has 0 aliphatic heterocycles. The van der Waals surface area contributed by atoms with E-state index in [1.807, 2.05) is 12.1 Å². The Balaban J connectivity index is 1.31. The fraction of sp³-hybridized carbons (Fsp3) is 0.375. The summed E-state index contributed by atoms with van der Waals surface area (Å²) in [6, 6.07) is 3.67. The first kappa shape index (κ1) is 18.1. The van der Waals surface area contributed by atoms with E-state index in [1.165, 1.54) is 11.8 Å². The number of carbonyl (C=O) groups is 1. The van der Waals surface area contributed by atoms with Crippen molar-refractivity contribution >= 4 is 17.7 Å². The highest BCUT2D eigenvalue weighted by molar-refractivity contribution is 7.99. The summed E-state index contributed by atoms with van der Waals surface area (Å²) < 4.78 is 15.2. The number of ether oxygens (including phenoxy) is 1. The number of hydrogen-bond acceptors (Lipinski definition) is 10. The molecule has 0 radical (unpaired) electrons. The molecule has 9 nitrogen and oxygen atoms in total. The first-order valence-electron chi connectivity index (χ1n) is 7.96. The minimum absolute atomic E-state index is 0.235. The minimum atomic E-state index is -0.281. The maximum absolute atomic E-state index is 11.7. The number of rotatable bonds is 9. The highest BCUT2D eigenvalue weighted by Gasteiger charge is 2.10. The Morgan fingerprint density at radius 1 is 1.27 bits per heavy atom. The van der Waals surface area contributed by atoms with E-state index in [1.54, 1.807) is 19.3 Å². The van der Waals surface area contributed by atoms with Crippen LogP contribution in [0, 0.1) is 6.92 Å². The fourth-order valence-electron chi connectivity index (χ4n) is 2.05. The summed E-state index contributed by atoms with van der Waals surface area (Å²) in [5.74, 6) is 2.54. The molecule has 3 heterocycles. The second kappa shape index (κ2) is 9.09. The van der Waals surface area contributed by atoms with Gasteiger partial charge in [-0.25, -0.2) is 0 Å². The Bertz CT molecular complexity index is 836. The molecule has 0 saturated carbocycles. The van der Waals surface area contributed by atoms with Gasteiger partial charge in [0.2, 0.25) is 17.6 Å². The number of nitrogens with zero attached hydrogens (tertiary/aromatic N) is 5. The third kappa shape index (κ3) is 5.38. The van der Waals surface area contributed by atoms with Gasteiger partial charge in [-0.3, -0.25) is 9.78 Å². The van der Waals surface area contributed by atoms with Crippen LogP contribution in [0.4, 0.5) is 0 Å². The number of hydrogen-bond donors (Lipinski definition) is 0. The number of esters is 1. The number of aromatic nitrogens is 5. The zero-order valence-electron chi connectivity index (χ0n) is 14.1. The molecule has 0 fully saturated rings. The van der Waals surface area contributed by atoms with Crippen LogP contribution in [0.2, 0.25) is 0 Å². The van der Waals surface area contributed by atoms with Crippen LogP contribution in [-0.2, 0) is 21.7 Å². The Morgan fingerprint density at radius 3 is 2.96 bits per heavy atom. The molecule has 0 aliphatic carbocycles. The molecule has 136 valence electrons. The quantitative estimate of drug-likeness (QED) is 0.407. The molecule has 3 aromatic heterocycles. The Morgan fingerprint density at radius 2 is 2.19 bits per heavy atom. The molecule has 0 aromatic carbocycles. The predicted octanol–water partition coefficient (Wildman–Crippen LogP) is 2.23. The second-order valence-electron chi connectivity index (χ2n) is 5.30. The van der Waals surface area contributed by atoms with Crippen molar-refractivity contribution in [1.82, 2.24) is 25.3 Å². The van der Waals surface area contributed by atoms with Gasteiger partial charge in [-0.2, -0.15) is 9.97 Å². The van der Waals surface area contributed by atoms with Crippen LogP contribution >= 0.6 is 11.8 Å². The number of carbonyl (C=O) groups excluding carboxylic acids is 1. The van der Waals surface area contributed by atoms with Gasteiger partial charge in [-0.15, -0.1) is 11.8 Å². The lowest BCUT2D eigenvalue weighted by atomic mass is 10.3. The summed E-state index contributed by atoms with van der Waals surface area (Å²) in [6.45, 7) is 2.02. The van der Waals surface area contributed by atoms with Crippen LogP contribution in [0.1, 0.15) is 24.0 Å². The van der Waals surface area contributed by atoms with Gasteiger partial charge in [0.1, 0.15) is 0 Å². The van der Waals surface area contributed by atoms with Crippen molar-refractivity contribution in [3.05, 3.63) is 42.1 Å². The fourth-order valence-corrected chi connectivity index (χ4v) is 2.70. The molecule has 0 atom stereocenters. The Hall–Kier alpha value is -2.75. The molecule has 0 unspecified atom stereocenters. The van der Waals surface area contributed by atoms with Gasteiger partial charge in [0.15, 0.2) is 5.82 Å². The molecule has 0 N–H and O–H groups in total. The molecule has 0 bridgehead atoms.